The van der Waals surface area contributed by atoms with Gasteiger partial charge in [-0.15, -0.1) is 0 Å². The average Bonchev–Trinajstić information content (AvgIpc) is 2.63. The molecular weight excluding hydrogens is 200 g/mol. The number of likely N-dealkylation sites (N-methyl/N-ethyl adjacent to an activating group) is 1. The van der Waals surface area contributed by atoms with Crippen LogP contribution in [-0.4, -0.2) is 41.7 Å². The van der Waals surface area contributed by atoms with Gasteiger partial charge in [0.2, 0.25) is 0 Å². The summed E-state index contributed by atoms with van der Waals surface area (Å²) in [5, 5.41) is 16.8. The molecule has 7 nitrogen and oxygen atoms in total. The summed E-state index contributed by atoms with van der Waals surface area (Å²) in [6.45, 7) is 2.56. The summed E-state index contributed by atoms with van der Waals surface area (Å²) in [6, 6.07) is 0.0508. The van der Waals surface area contributed by atoms with Crippen molar-refractivity contribution in [3.05, 3.63) is 10.1 Å². The second kappa shape index (κ2) is 4.92. The molecule has 7 heteroatoms. The van der Waals surface area contributed by atoms with Crippen LogP contribution in [0, 0.1) is 15.5 Å². The van der Waals surface area contributed by atoms with E-state index in [4.69, 9.17) is 10.1 Å². The highest BCUT2D eigenvalue weighted by atomic mass is 16.7. The van der Waals surface area contributed by atoms with Gasteiger partial charge in [0.1, 0.15) is 0 Å². The Morgan fingerprint density at radius 2 is 2.47 bits per heavy atom. The standard InChI is InChI=1S/C8H16N4O3/c1-3-7-4-6(5-15-7)11(2)8(9)10-12(13)14/h6-7H,3-5H2,1-2H3,(H2,9,10). The zero-order valence-electron chi connectivity index (χ0n) is 8.90. The molecule has 0 bridgehead atoms. The van der Waals surface area contributed by atoms with E-state index in [0.29, 0.717) is 6.61 Å². The Bertz CT molecular complexity index is 258. The lowest BCUT2D eigenvalue weighted by Crippen LogP contribution is -2.46. The number of hydrogen-bond acceptors (Lipinski definition) is 4. The molecule has 2 unspecified atom stereocenters. The van der Waals surface area contributed by atoms with E-state index in [1.165, 1.54) is 0 Å². The molecule has 0 amide bonds. The summed E-state index contributed by atoms with van der Waals surface area (Å²) >= 11 is 0. The molecule has 0 radical (unpaired) electrons. The molecule has 2 N–H and O–H groups in total. The Hall–Kier alpha value is -1.37. The third-order valence-corrected chi connectivity index (χ3v) is 2.61. The SMILES string of the molecule is CCC1CC(N(C)C(=N)N[N+](=O)[O-])CO1. The molecule has 1 aliphatic heterocycles. The Kier molecular flexibility index (Phi) is 3.84. The maximum atomic E-state index is 10.1. The van der Waals surface area contributed by atoms with E-state index >= 15 is 0 Å². The van der Waals surface area contributed by atoms with Gasteiger partial charge in [0, 0.05) is 7.05 Å². The molecule has 86 valence electrons. The van der Waals surface area contributed by atoms with Crippen molar-refractivity contribution in [1.82, 2.24) is 10.3 Å². The maximum absolute atomic E-state index is 10.1. The number of hydrazine groups is 1. The first kappa shape index (κ1) is 11.7. The van der Waals surface area contributed by atoms with Gasteiger partial charge in [-0.3, -0.25) is 5.41 Å². The number of rotatable bonds is 3. The van der Waals surface area contributed by atoms with E-state index in [9.17, 15) is 10.1 Å². The zero-order valence-corrected chi connectivity index (χ0v) is 8.90. The van der Waals surface area contributed by atoms with E-state index in [1.807, 2.05) is 12.3 Å². The van der Waals surface area contributed by atoms with Crippen LogP contribution in [0.2, 0.25) is 0 Å². The highest BCUT2D eigenvalue weighted by molar-refractivity contribution is 5.75. The first-order valence-corrected chi connectivity index (χ1v) is 4.88. The van der Waals surface area contributed by atoms with Gasteiger partial charge in [0.15, 0.2) is 5.03 Å². The van der Waals surface area contributed by atoms with Crippen LogP contribution in [0.5, 0.6) is 0 Å². The molecule has 0 spiro atoms. The summed E-state index contributed by atoms with van der Waals surface area (Å²) in [6.07, 6.45) is 1.95. The first-order chi connectivity index (χ1) is 7.04. The Labute approximate surface area is 88.0 Å². The number of nitrogens with zero attached hydrogens (tertiary/aromatic N) is 2. The second-order valence-corrected chi connectivity index (χ2v) is 3.58. The van der Waals surface area contributed by atoms with E-state index in [2.05, 4.69) is 0 Å². The van der Waals surface area contributed by atoms with Gasteiger partial charge in [0.05, 0.1) is 18.8 Å². The monoisotopic (exact) mass is 216 g/mol. The van der Waals surface area contributed by atoms with Gasteiger partial charge in [-0.2, -0.15) is 0 Å². The summed E-state index contributed by atoms with van der Waals surface area (Å²) in [4.78, 5) is 11.7. The smallest absolute Gasteiger partial charge is 0.254 e. The number of nitro groups is 1. The molecular formula is C8H16N4O3. The second-order valence-electron chi connectivity index (χ2n) is 3.58. The van der Waals surface area contributed by atoms with Crippen molar-refractivity contribution in [3.63, 3.8) is 0 Å². The van der Waals surface area contributed by atoms with Crippen molar-refractivity contribution in [2.45, 2.75) is 31.9 Å². The third-order valence-electron chi connectivity index (χ3n) is 2.61. The van der Waals surface area contributed by atoms with Crippen LogP contribution in [0.4, 0.5) is 0 Å². The van der Waals surface area contributed by atoms with Crippen molar-refractivity contribution in [2.75, 3.05) is 13.7 Å². The lowest BCUT2D eigenvalue weighted by atomic mass is 10.1. The van der Waals surface area contributed by atoms with Crippen LogP contribution in [0.3, 0.4) is 0 Å². The van der Waals surface area contributed by atoms with E-state index < -0.39 is 5.03 Å². The Morgan fingerprint density at radius 1 is 1.80 bits per heavy atom. The number of ether oxygens (including phenoxy) is 1. The minimum atomic E-state index is -0.730. The van der Waals surface area contributed by atoms with Crippen LogP contribution in [-0.2, 0) is 4.74 Å². The first-order valence-electron chi connectivity index (χ1n) is 4.88. The average molecular weight is 216 g/mol. The molecule has 1 saturated heterocycles. The van der Waals surface area contributed by atoms with Gasteiger partial charge in [-0.25, -0.2) is 10.1 Å². The highest BCUT2D eigenvalue weighted by Gasteiger charge is 2.29. The van der Waals surface area contributed by atoms with Crippen LogP contribution < -0.4 is 5.43 Å². The fraction of sp³-hybridized carbons (Fsp3) is 0.875. The van der Waals surface area contributed by atoms with Crippen molar-refractivity contribution in [2.24, 2.45) is 0 Å². The third kappa shape index (κ3) is 3.05. The van der Waals surface area contributed by atoms with Crippen molar-refractivity contribution in [3.8, 4) is 0 Å². The Balaban J connectivity index is 2.43. The predicted octanol–water partition coefficient (Wildman–Crippen LogP) is 0.202. The van der Waals surface area contributed by atoms with Crippen molar-refractivity contribution >= 4 is 5.96 Å². The lowest BCUT2D eigenvalue weighted by Gasteiger charge is -2.23. The van der Waals surface area contributed by atoms with Crippen molar-refractivity contribution < 1.29 is 9.77 Å². The molecule has 15 heavy (non-hydrogen) atoms. The van der Waals surface area contributed by atoms with Crippen LogP contribution in [0.25, 0.3) is 0 Å². The molecule has 0 saturated carbocycles. The fourth-order valence-electron chi connectivity index (χ4n) is 1.59. The normalized spacial score (nSPS) is 24.9. The van der Waals surface area contributed by atoms with Gasteiger partial charge in [-0.05, 0) is 12.8 Å². The molecule has 1 aliphatic rings. The summed E-state index contributed by atoms with van der Waals surface area (Å²) in [7, 11) is 1.66. The summed E-state index contributed by atoms with van der Waals surface area (Å²) in [5.41, 5.74) is 1.83. The molecule has 0 aromatic heterocycles. The molecule has 0 aromatic rings. The van der Waals surface area contributed by atoms with Crippen LogP contribution >= 0.6 is 0 Å². The lowest BCUT2D eigenvalue weighted by molar-refractivity contribution is -0.526. The highest BCUT2D eigenvalue weighted by Crippen LogP contribution is 2.19. The number of nitrogens with one attached hydrogen (secondary N) is 2. The Morgan fingerprint density at radius 3 is 2.93 bits per heavy atom. The molecule has 1 fully saturated rings. The fourth-order valence-corrected chi connectivity index (χ4v) is 1.59. The minimum Gasteiger partial charge on any atom is -0.376 e. The largest absolute Gasteiger partial charge is 0.376 e. The molecule has 1 heterocycles. The maximum Gasteiger partial charge on any atom is 0.254 e. The quantitative estimate of drug-likeness (QED) is 0.304. The van der Waals surface area contributed by atoms with Gasteiger partial charge >= 0.3 is 0 Å². The van der Waals surface area contributed by atoms with Gasteiger partial charge in [0.25, 0.3) is 5.96 Å². The summed E-state index contributed by atoms with van der Waals surface area (Å²) in [5.74, 6) is -0.203. The van der Waals surface area contributed by atoms with Crippen molar-refractivity contribution in [1.29, 1.82) is 5.41 Å². The minimum absolute atomic E-state index is 0.0508. The molecule has 0 aliphatic carbocycles. The zero-order chi connectivity index (χ0) is 11.4. The van der Waals surface area contributed by atoms with E-state index in [1.54, 1.807) is 11.9 Å². The van der Waals surface area contributed by atoms with E-state index in [0.717, 1.165) is 12.8 Å². The topological polar surface area (TPSA) is 91.5 Å². The number of hydrogen-bond donors (Lipinski definition) is 2. The van der Waals surface area contributed by atoms with Gasteiger partial charge in [-0.1, -0.05) is 12.3 Å². The van der Waals surface area contributed by atoms with Crippen LogP contribution in [0.1, 0.15) is 19.8 Å². The molecule has 0 aromatic carbocycles. The summed E-state index contributed by atoms with van der Waals surface area (Å²) < 4.78 is 5.46. The van der Waals surface area contributed by atoms with Gasteiger partial charge < -0.3 is 9.64 Å². The van der Waals surface area contributed by atoms with E-state index in [-0.39, 0.29) is 18.1 Å². The molecule has 2 atom stereocenters. The van der Waals surface area contributed by atoms with Crippen LogP contribution in [0.15, 0.2) is 0 Å². The molecule has 1 rings (SSSR count). The number of guanidine groups is 1. The predicted molar refractivity (Wildman–Crippen MR) is 54.1 cm³/mol.